The summed E-state index contributed by atoms with van der Waals surface area (Å²) in [6, 6.07) is 5.00. The number of rotatable bonds is 5. The van der Waals surface area contributed by atoms with Crippen LogP contribution in [-0.4, -0.2) is 16.5 Å². The number of nitrogens with zero attached hydrogens (tertiary/aromatic N) is 2. The van der Waals surface area contributed by atoms with Crippen molar-refractivity contribution in [3.8, 4) is 11.3 Å². The molecule has 2 aromatic rings. The standard InChI is InChI=1S/C16H20FN3/c1-4-6-18-16-14(5-2)15(19-10-20-16)12-7-11(3)8-13(17)9-12/h7-10H,4-6H2,1-3H3,(H,18,19,20). The van der Waals surface area contributed by atoms with Crippen LogP contribution in [0.3, 0.4) is 0 Å². The summed E-state index contributed by atoms with van der Waals surface area (Å²) in [5, 5.41) is 3.31. The van der Waals surface area contributed by atoms with Gasteiger partial charge in [-0.05, 0) is 43.5 Å². The van der Waals surface area contributed by atoms with Gasteiger partial charge in [0.2, 0.25) is 0 Å². The van der Waals surface area contributed by atoms with Gasteiger partial charge in [0.25, 0.3) is 0 Å². The highest BCUT2D eigenvalue weighted by molar-refractivity contribution is 5.68. The Kier molecular flexibility index (Phi) is 4.66. The predicted molar refractivity (Wildman–Crippen MR) is 80.3 cm³/mol. The van der Waals surface area contributed by atoms with E-state index in [-0.39, 0.29) is 5.82 Å². The molecule has 0 atom stereocenters. The summed E-state index contributed by atoms with van der Waals surface area (Å²) in [5.41, 5.74) is 3.54. The maximum absolute atomic E-state index is 13.6. The van der Waals surface area contributed by atoms with Gasteiger partial charge in [-0.2, -0.15) is 0 Å². The first kappa shape index (κ1) is 14.4. The van der Waals surface area contributed by atoms with Crippen molar-refractivity contribution in [1.29, 1.82) is 0 Å². The van der Waals surface area contributed by atoms with Crippen LogP contribution in [0.2, 0.25) is 0 Å². The normalized spacial score (nSPS) is 10.6. The van der Waals surface area contributed by atoms with Crippen molar-refractivity contribution < 1.29 is 4.39 Å². The van der Waals surface area contributed by atoms with E-state index in [9.17, 15) is 4.39 Å². The average molecular weight is 273 g/mol. The van der Waals surface area contributed by atoms with E-state index in [1.54, 1.807) is 0 Å². The van der Waals surface area contributed by atoms with E-state index < -0.39 is 0 Å². The summed E-state index contributed by atoms with van der Waals surface area (Å²) in [6.45, 7) is 6.92. The molecule has 3 nitrogen and oxygen atoms in total. The number of nitrogens with one attached hydrogen (secondary N) is 1. The van der Waals surface area contributed by atoms with Crippen LogP contribution >= 0.6 is 0 Å². The summed E-state index contributed by atoms with van der Waals surface area (Å²) in [6.07, 6.45) is 3.37. The van der Waals surface area contributed by atoms with Crippen LogP contribution in [0, 0.1) is 12.7 Å². The van der Waals surface area contributed by atoms with E-state index in [0.717, 1.165) is 47.6 Å². The third-order valence-electron chi connectivity index (χ3n) is 3.16. The lowest BCUT2D eigenvalue weighted by molar-refractivity contribution is 0.627. The van der Waals surface area contributed by atoms with Crippen LogP contribution in [-0.2, 0) is 6.42 Å². The first-order chi connectivity index (χ1) is 9.65. The summed E-state index contributed by atoms with van der Waals surface area (Å²) in [7, 11) is 0. The lowest BCUT2D eigenvalue weighted by Crippen LogP contribution is -2.07. The monoisotopic (exact) mass is 273 g/mol. The molecule has 0 aliphatic heterocycles. The second-order valence-corrected chi connectivity index (χ2v) is 4.85. The molecule has 0 bridgehead atoms. The molecule has 0 saturated carbocycles. The van der Waals surface area contributed by atoms with Crippen LogP contribution in [0.25, 0.3) is 11.3 Å². The number of aryl methyl sites for hydroxylation is 1. The van der Waals surface area contributed by atoms with E-state index in [1.807, 2.05) is 13.0 Å². The first-order valence-corrected chi connectivity index (χ1v) is 7.01. The van der Waals surface area contributed by atoms with Crippen molar-refractivity contribution in [3.63, 3.8) is 0 Å². The summed E-state index contributed by atoms with van der Waals surface area (Å²) in [4.78, 5) is 8.66. The van der Waals surface area contributed by atoms with Gasteiger partial charge in [0.15, 0.2) is 0 Å². The number of benzene rings is 1. The van der Waals surface area contributed by atoms with E-state index in [2.05, 4.69) is 29.1 Å². The molecule has 0 fully saturated rings. The van der Waals surface area contributed by atoms with Gasteiger partial charge in [-0.25, -0.2) is 14.4 Å². The molecule has 0 amide bonds. The molecular weight excluding hydrogens is 253 g/mol. The number of anilines is 1. The van der Waals surface area contributed by atoms with Crippen molar-refractivity contribution >= 4 is 5.82 Å². The van der Waals surface area contributed by atoms with Crippen molar-refractivity contribution in [2.24, 2.45) is 0 Å². The van der Waals surface area contributed by atoms with E-state index in [0.29, 0.717) is 0 Å². The van der Waals surface area contributed by atoms with Gasteiger partial charge in [0, 0.05) is 17.7 Å². The van der Waals surface area contributed by atoms with Gasteiger partial charge in [-0.15, -0.1) is 0 Å². The number of hydrogen-bond donors (Lipinski definition) is 1. The highest BCUT2D eigenvalue weighted by Crippen LogP contribution is 2.27. The Balaban J connectivity index is 2.50. The molecule has 0 spiro atoms. The van der Waals surface area contributed by atoms with Gasteiger partial charge in [-0.1, -0.05) is 13.8 Å². The van der Waals surface area contributed by atoms with E-state index in [1.165, 1.54) is 18.5 Å². The third kappa shape index (κ3) is 3.13. The lowest BCUT2D eigenvalue weighted by Gasteiger charge is -2.13. The molecule has 1 aromatic carbocycles. The lowest BCUT2D eigenvalue weighted by atomic mass is 10.0. The Morgan fingerprint density at radius 2 is 1.95 bits per heavy atom. The zero-order valence-electron chi connectivity index (χ0n) is 12.2. The summed E-state index contributed by atoms with van der Waals surface area (Å²) >= 11 is 0. The molecular formula is C16H20FN3. The van der Waals surface area contributed by atoms with Crippen molar-refractivity contribution in [1.82, 2.24) is 9.97 Å². The van der Waals surface area contributed by atoms with E-state index in [4.69, 9.17) is 0 Å². The smallest absolute Gasteiger partial charge is 0.133 e. The zero-order chi connectivity index (χ0) is 14.5. The number of halogens is 1. The van der Waals surface area contributed by atoms with Gasteiger partial charge in [0.1, 0.15) is 18.0 Å². The summed E-state index contributed by atoms with van der Waals surface area (Å²) < 4.78 is 13.6. The SMILES string of the molecule is CCCNc1ncnc(-c2cc(C)cc(F)c2)c1CC. The molecule has 1 heterocycles. The van der Waals surface area contributed by atoms with Crippen LogP contribution in [0.4, 0.5) is 10.2 Å². The molecule has 0 unspecified atom stereocenters. The summed E-state index contributed by atoms with van der Waals surface area (Å²) in [5.74, 6) is 0.616. The minimum Gasteiger partial charge on any atom is -0.370 e. The maximum Gasteiger partial charge on any atom is 0.133 e. The zero-order valence-corrected chi connectivity index (χ0v) is 12.2. The van der Waals surface area contributed by atoms with Gasteiger partial charge in [-0.3, -0.25) is 0 Å². The topological polar surface area (TPSA) is 37.8 Å². The van der Waals surface area contributed by atoms with Gasteiger partial charge in [0.05, 0.1) is 5.69 Å². The van der Waals surface area contributed by atoms with E-state index >= 15 is 0 Å². The minimum atomic E-state index is -0.233. The average Bonchev–Trinajstić information content (AvgIpc) is 2.43. The van der Waals surface area contributed by atoms with Crippen molar-refractivity contribution in [2.45, 2.75) is 33.6 Å². The Bertz CT molecular complexity index is 576. The maximum atomic E-state index is 13.6. The highest BCUT2D eigenvalue weighted by atomic mass is 19.1. The predicted octanol–water partition coefficient (Wildman–Crippen LogP) is 3.98. The van der Waals surface area contributed by atoms with Gasteiger partial charge < -0.3 is 5.32 Å². The molecule has 1 aromatic heterocycles. The molecule has 20 heavy (non-hydrogen) atoms. The molecule has 0 aliphatic rings. The van der Waals surface area contributed by atoms with Crippen LogP contribution in [0.5, 0.6) is 0 Å². The minimum absolute atomic E-state index is 0.233. The van der Waals surface area contributed by atoms with Crippen LogP contribution < -0.4 is 5.32 Å². The number of hydrogen-bond acceptors (Lipinski definition) is 3. The molecule has 2 rings (SSSR count). The number of aromatic nitrogens is 2. The Morgan fingerprint density at radius 3 is 2.60 bits per heavy atom. The van der Waals surface area contributed by atoms with Gasteiger partial charge >= 0.3 is 0 Å². The molecule has 106 valence electrons. The van der Waals surface area contributed by atoms with Crippen LogP contribution in [0.1, 0.15) is 31.4 Å². The highest BCUT2D eigenvalue weighted by Gasteiger charge is 2.12. The molecule has 0 radical (unpaired) electrons. The van der Waals surface area contributed by atoms with Crippen molar-refractivity contribution in [2.75, 3.05) is 11.9 Å². The van der Waals surface area contributed by atoms with Crippen LogP contribution in [0.15, 0.2) is 24.5 Å². The molecule has 4 heteroatoms. The fourth-order valence-electron chi connectivity index (χ4n) is 2.26. The molecule has 0 saturated heterocycles. The second-order valence-electron chi connectivity index (χ2n) is 4.85. The fourth-order valence-corrected chi connectivity index (χ4v) is 2.26. The first-order valence-electron chi connectivity index (χ1n) is 7.01. The molecule has 0 aliphatic carbocycles. The Hall–Kier alpha value is -1.97. The Morgan fingerprint density at radius 1 is 1.15 bits per heavy atom. The largest absolute Gasteiger partial charge is 0.370 e. The third-order valence-corrected chi connectivity index (χ3v) is 3.16. The molecule has 1 N–H and O–H groups in total. The fraction of sp³-hybridized carbons (Fsp3) is 0.375. The second kappa shape index (κ2) is 6.46. The quantitative estimate of drug-likeness (QED) is 0.895. The Labute approximate surface area is 119 Å². The van der Waals surface area contributed by atoms with Crippen molar-refractivity contribution in [3.05, 3.63) is 41.5 Å².